The molecule has 0 aliphatic rings. The van der Waals surface area contributed by atoms with E-state index in [0.717, 1.165) is 31.5 Å². The lowest BCUT2D eigenvalue weighted by Crippen LogP contribution is -2.38. The fourth-order valence-electron chi connectivity index (χ4n) is 2.14. The van der Waals surface area contributed by atoms with E-state index in [1.807, 2.05) is 12.4 Å². The summed E-state index contributed by atoms with van der Waals surface area (Å²) in [5, 5.41) is 12.5. The Hall–Kier alpha value is -1.20. The molecule has 1 aromatic rings. The van der Waals surface area contributed by atoms with Crippen LogP contribution in [-0.4, -0.2) is 40.8 Å². The van der Waals surface area contributed by atoms with Crippen LogP contribution in [0.5, 0.6) is 0 Å². The van der Waals surface area contributed by atoms with Crippen LogP contribution in [0.15, 0.2) is 12.4 Å². The molecule has 0 atom stereocenters. The number of hydrogen-bond donors (Lipinski definition) is 2. The summed E-state index contributed by atoms with van der Waals surface area (Å²) in [6, 6.07) is 0.381. The number of hydrogen-bond acceptors (Lipinski definition) is 5. The summed E-state index contributed by atoms with van der Waals surface area (Å²) in [4.78, 5) is 11.0. The Morgan fingerprint density at radius 1 is 1.21 bits per heavy atom. The van der Waals surface area contributed by atoms with Gasteiger partial charge in [0.2, 0.25) is 5.95 Å². The van der Waals surface area contributed by atoms with Crippen LogP contribution in [-0.2, 0) is 6.54 Å². The quantitative estimate of drug-likeness (QED) is 0.710. The van der Waals surface area contributed by atoms with Gasteiger partial charge in [-0.15, -0.1) is 0 Å². The van der Waals surface area contributed by atoms with Gasteiger partial charge >= 0.3 is 0 Å². The largest absolute Gasteiger partial charge is 0.395 e. The van der Waals surface area contributed by atoms with Crippen molar-refractivity contribution < 1.29 is 5.11 Å². The van der Waals surface area contributed by atoms with E-state index in [4.69, 9.17) is 0 Å². The van der Waals surface area contributed by atoms with E-state index in [2.05, 4.69) is 41.0 Å². The maximum Gasteiger partial charge on any atom is 0.225 e. The molecule has 0 fully saturated rings. The van der Waals surface area contributed by atoms with Crippen LogP contribution in [0.4, 0.5) is 5.95 Å². The van der Waals surface area contributed by atoms with E-state index in [0.29, 0.717) is 18.5 Å². The van der Waals surface area contributed by atoms with E-state index < -0.39 is 0 Å². The van der Waals surface area contributed by atoms with E-state index >= 15 is 0 Å². The first-order valence-electron chi connectivity index (χ1n) is 7.15. The molecule has 0 aliphatic carbocycles. The minimum Gasteiger partial charge on any atom is -0.395 e. The van der Waals surface area contributed by atoms with Gasteiger partial charge in [0.1, 0.15) is 0 Å². The summed E-state index contributed by atoms with van der Waals surface area (Å²) >= 11 is 0. The standard InChI is InChI=1S/C14H26N4O/c1-4-13(5-2)18(7-8-19)14-16-10-12(11-17-14)9-15-6-3/h10-11,13,15,19H,4-9H2,1-3H3. The number of anilines is 1. The fraction of sp³-hybridized carbons (Fsp3) is 0.714. The lowest BCUT2D eigenvalue weighted by molar-refractivity contribution is 0.295. The third-order valence-corrected chi connectivity index (χ3v) is 3.25. The van der Waals surface area contributed by atoms with Gasteiger partial charge in [0.25, 0.3) is 0 Å². The molecule has 1 aromatic heterocycles. The highest BCUT2D eigenvalue weighted by Crippen LogP contribution is 2.15. The Balaban J connectivity index is 2.78. The predicted octanol–water partition coefficient (Wildman–Crippen LogP) is 1.57. The predicted molar refractivity (Wildman–Crippen MR) is 78.2 cm³/mol. The first kappa shape index (κ1) is 15.9. The number of aliphatic hydroxyl groups excluding tert-OH is 1. The molecule has 0 saturated carbocycles. The topological polar surface area (TPSA) is 61.3 Å². The van der Waals surface area contributed by atoms with Crippen LogP contribution >= 0.6 is 0 Å². The molecule has 0 unspecified atom stereocenters. The highest BCUT2D eigenvalue weighted by atomic mass is 16.3. The van der Waals surface area contributed by atoms with E-state index in [-0.39, 0.29) is 6.61 Å². The summed E-state index contributed by atoms with van der Waals surface area (Å²) in [5.41, 5.74) is 1.08. The Labute approximate surface area is 116 Å². The average Bonchev–Trinajstić information content (AvgIpc) is 2.46. The maximum absolute atomic E-state index is 9.20. The van der Waals surface area contributed by atoms with Crippen LogP contribution in [0.1, 0.15) is 39.2 Å². The summed E-state index contributed by atoms with van der Waals surface area (Å²) in [7, 11) is 0. The highest BCUT2D eigenvalue weighted by molar-refractivity contribution is 5.31. The highest BCUT2D eigenvalue weighted by Gasteiger charge is 2.17. The monoisotopic (exact) mass is 266 g/mol. The Morgan fingerprint density at radius 2 is 1.84 bits per heavy atom. The van der Waals surface area contributed by atoms with E-state index in [1.54, 1.807) is 0 Å². The van der Waals surface area contributed by atoms with Crippen molar-refractivity contribution in [1.29, 1.82) is 0 Å². The van der Waals surface area contributed by atoms with Gasteiger partial charge in [0.15, 0.2) is 0 Å². The molecule has 1 rings (SSSR count). The summed E-state index contributed by atoms with van der Waals surface area (Å²) < 4.78 is 0. The lowest BCUT2D eigenvalue weighted by atomic mass is 10.1. The molecule has 0 saturated heterocycles. The van der Waals surface area contributed by atoms with Crippen LogP contribution in [0.3, 0.4) is 0 Å². The molecular formula is C14H26N4O. The molecule has 0 bridgehead atoms. The molecular weight excluding hydrogens is 240 g/mol. The van der Waals surface area contributed by atoms with Crippen LogP contribution in [0.25, 0.3) is 0 Å². The van der Waals surface area contributed by atoms with Crippen LogP contribution in [0.2, 0.25) is 0 Å². The Morgan fingerprint density at radius 3 is 2.32 bits per heavy atom. The molecule has 0 amide bonds. The second-order valence-electron chi connectivity index (χ2n) is 4.56. The molecule has 2 N–H and O–H groups in total. The molecule has 0 aromatic carbocycles. The van der Waals surface area contributed by atoms with E-state index in [9.17, 15) is 5.11 Å². The zero-order chi connectivity index (χ0) is 14.1. The third kappa shape index (κ3) is 4.76. The molecule has 5 nitrogen and oxygen atoms in total. The van der Waals surface area contributed by atoms with Gasteiger partial charge in [0, 0.05) is 37.1 Å². The van der Waals surface area contributed by atoms with Crippen molar-refractivity contribution in [2.75, 3.05) is 24.6 Å². The second-order valence-corrected chi connectivity index (χ2v) is 4.56. The van der Waals surface area contributed by atoms with Crippen molar-refractivity contribution in [3.8, 4) is 0 Å². The summed E-state index contributed by atoms with van der Waals surface area (Å²) in [6.45, 7) is 8.81. The number of rotatable bonds is 9. The van der Waals surface area contributed by atoms with Crippen LogP contribution in [0, 0.1) is 0 Å². The van der Waals surface area contributed by atoms with Crippen molar-refractivity contribution in [2.45, 2.75) is 46.2 Å². The minimum absolute atomic E-state index is 0.124. The van der Waals surface area contributed by atoms with Gasteiger partial charge in [-0.05, 0) is 19.4 Å². The molecule has 19 heavy (non-hydrogen) atoms. The molecule has 1 heterocycles. The fourth-order valence-corrected chi connectivity index (χ4v) is 2.14. The summed E-state index contributed by atoms with van der Waals surface area (Å²) in [6.07, 6.45) is 5.77. The van der Waals surface area contributed by atoms with Crippen molar-refractivity contribution >= 4 is 5.95 Å². The van der Waals surface area contributed by atoms with Gasteiger partial charge in [-0.25, -0.2) is 9.97 Å². The summed E-state index contributed by atoms with van der Waals surface area (Å²) in [5.74, 6) is 0.711. The first-order chi connectivity index (χ1) is 9.26. The third-order valence-electron chi connectivity index (χ3n) is 3.25. The van der Waals surface area contributed by atoms with Gasteiger partial charge < -0.3 is 15.3 Å². The first-order valence-corrected chi connectivity index (χ1v) is 7.15. The molecule has 0 spiro atoms. The zero-order valence-electron chi connectivity index (χ0n) is 12.3. The van der Waals surface area contributed by atoms with Crippen molar-refractivity contribution in [1.82, 2.24) is 15.3 Å². The van der Waals surface area contributed by atoms with Crippen LogP contribution < -0.4 is 10.2 Å². The second kappa shape index (κ2) is 8.82. The van der Waals surface area contributed by atoms with Crippen molar-refractivity contribution in [3.63, 3.8) is 0 Å². The van der Waals surface area contributed by atoms with Crippen molar-refractivity contribution in [2.24, 2.45) is 0 Å². The molecule has 5 heteroatoms. The molecule has 0 radical (unpaired) electrons. The molecule has 0 aliphatic heterocycles. The Bertz CT molecular complexity index is 338. The number of nitrogens with zero attached hydrogens (tertiary/aromatic N) is 3. The lowest BCUT2D eigenvalue weighted by Gasteiger charge is -2.29. The number of aliphatic hydroxyl groups is 1. The minimum atomic E-state index is 0.124. The van der Waals surface area contributed by atoms with Gasteiger partial charge in [-0.2, -0.15) is 0 Å². The van der Waals surface area contributed by atoms with Crippen molar-refractivity contribution in [3.05, 3.63) is 18.0 Å². The zero-order valence-corrected chi connectivity index (χ0v) is 12.3. The number of nitrogens with one attached hydrogen (secondary N) is 1. The smallest absolute Gasteiger partial charge is 0.225 e. The average molecular weight is 266 g/mol. The van der Waals surface area contributed by atoms with E-state index in [1.165, 1.54) is 0 Å². The Kier molecular flexibility index (Phi) is 7.36. The normalized spacial score (nSPS) is 11.0. The van der Waals surface area contributed by atoms with Gasteiger partial charge in [-0.3, -0.25) is 0 Å². The van der Waals surface area contributed by atoms with Gasteiger partial charge in [-0.1, -0.05) is 20.8 Å². The van der Waals surface area contributed by atoms with Gasteiger partial charge in [0.05, 0.1) is 6.61 Å². The molecule has 108 valence electrons. The SMILES string of the molecule is CCNCc1cnc(N(CCO)C(CC)CC)nc1. The number of aromatic nitrogens is 2. The maximum atomic E-state index is 9.20.